The predicted octanol–water partition coefficient (Wildman–Crippen LogP) is 0.958. The van der Waals surface area contributed by atoms with E-state index in [-0.39, 0.29) is 16.4 Å². The van der Waals surface area contributed by atoms with Crippen molar-refractivity contribution in [3.63, 3.8) is 0 Å². The lowest BCUT2D eigenvalue weighted by atomic mass is 10.2. The summed E-state index contributed by atoms with van der Waals surface area (Å²) in [5.41, 5.74) is 1.64. The quantitative estimate of drug-likeness (QED) is 0.759. The van der Waals surface area contributed by atoms with Gasteiger partial charge in [0, 0.05) is 14.1 Å². The average Bonchev–Trinajstić information content (AvgIpc) is 2.67. The average molecular weight is 346 g/mol. The number of aryl methyl sites for hydroxylation is 2. The highest BCUT2D eigenvalue weighted by atomic mass is 32.2. The van der Waals surface area contributed by atoms with Crippen molar-refractivity contribution in [1.82, 2.24) is 9.42 Å². The van der Waals surface area contributed by atoms with Crippen LogP contribution >= 0.6 is 0 Å². The second kappa shape index (κ2) is 5.92. The summed E-state index contributed by atoms with van der Waals surface area (Å²) in [7, 11) is -3.72. The van der Waals surface area contributed by atoms with Gasteiger partial charge in [0.15, 0.2) is 9.84 Å². The van der Waals surface area contributed by atoms with E-state index in [1.54, 1.807) is 33.2 Å². The smallest absolute Gasteiger partial charge is 0.234 e. The molecule has 0 bridgehead atoms. The Morgan fingerprint density at radius 3 is 2.27 bits per heavy atom. The third-order valence-electron chi connectivity index (χ3n) is 3.77. The highest BCUT2D eigenvalue weighted by Crippen LogP contribution is 2.27. The molecule has 0 aliphatic carbocycles. The Hall–Kier alpha value is -0.960. The van der Waals surface area contributed by atoms with E-state index in [1.807, 2.05) is 13.0 Å². The van der Waals surface area contributed by atoms with E-state index in [2.05, 4.69) is 0 Å². The van der Waals surface area contributed by atoms with Crippen molar-refractivity contribution in [2.24, 2.45) is 0 Å². The highest BCUT2D eigenvalue weighted by molar-refractivity contribution is 7.92. The van der Waals surface area contributed by atoms with E-state index in [1.165, 1.54) is 9.42 Å². The summed E-state index contributed by atoms with van der Waals surface area (Å²) in [6.45, 7) is 3.65. The van der Waals surface area contributed by atoms with Gasteiger partial charge in [0.25, 0.3) is 10.0 Å². The highest BCUT2D eigenvalue weighted by Gasteiger charge is 2.40. The molecule has 1 saturated heterocycles. The van der Waals surface area contributed by atoms with Crippen LogP contribution in [0.25, 0.3) is 0 Å². The van der Waals surface area contributed by atoms with Gasteiger partial charge in [-0.25, -0.2) is 21.8 Å². The summed E-state index contributed by atoms with van der Waals surface area (Å²) in [4.78, 5) is 0.219. The second-order valence-electron chi connectivity index (χ2n) is 5.95. The van der Waals surface area contributed by atoms with Gasteiger partial charge in [-0.15, -0.1) is 4.41 Å². The molecule has 1 heterocycles. The molecule has 1 aliphatic heterocycles. The van der Waals surface area contributed by atoms with E-state index in [0.29, 0.717) is 12.0 Å². The van der Waals surface area contributed by atoms with Gasteiger partial charge in [0.2, 0.25) is 0 Å². The molecule has 1 atom stereocenters. The van der Waals surface area contributed by atoms with Crippen LogP contribution in [0.1, 0.15) is 17.5 Å². The summed E-state index contributed by atoms with van der Waals surface area (Å²) in [6.07, 6.45) is 0.324. The zero-order valence-corrected chi connectivity index (χ0v) is 14.9. The maximum absolute atomic E-state index is 13.0. The van der Waals surface area contributed by atoms with Gasteiger partial charge < -0.3 is 0 Å². The first-order valence-corrected chi connectivity index (χ1v) is 10.3. The van der Waals surface area contributed by atoms with Crippen LogP contribution in [0.5, 0.6) is 0 Å². The van der Waals surface area contributed by atoms with Gasteiger partial charge in [-0.2, -0.15) is 0 Å². The van der Waals surface area contributed by atoms with E-state index in [9.17, 15) is 16.8 Å². The molecular formula is C14H22N2O4S2. The molecule has 0 radical (unpaired) electrons. The Morgan fingerprint density at radius 2 is 1.82 bits per heavy atom. The summed E-state index contributed by atoms with van der Waals surface area (Å²) < 4.78 is 50.6. The summed E-state index contributed by atoms with van der Waals surface area (Å²) in [5, 5.41) is 1.46. The van der Waals surface area contributed by atoms with Crippen LogP contribution in [0, 0.1) is 13.8 Å². The molecule has 8 heteroatoms. The number of benzene rings is 1. The molecule has 6 nitrogen and oxygen atoms in total. The number of hydrogen-bond acceptors (Lipinski definition) is 5. The molecule has 0 spiro atoms. The normalized spacial score (nSPS) is 21.6. The van der Waals surface area contributed by atoms with Crippen LogP contribution in [-0.4, -0.2) is 57.9 Å². The molecule has 0 N–H and O–H groups in total. The van der Waals surface area contributed by atoms with Crippen molar-refractivity contribution in [1.29, 1.82) is 0 Å². The molecule has 1 aromatic carbocycles. The first-order chi connectivity index (χ1) is 10.0. The molecule has 1 aromatic rings. The fourth-order valence-corrected chi connectivity index (χ4v) is 6.57. The Balaban J connectivity index is 2.47. The van der Waals surface area contributed by atoms with Crippen LogP contribution in [0.3, 0.4) is 0 Å². The molecule has 1 aliphatic rings. The monoisotopic (exact) mass is 346 g/mol. The zero-order chi connectivity index (χ0) is 16.7. The maximum atomic E-state index is 13.0. The van der Waals surface area contributed by atoms with Gasteiger partial charge >= 0.3 is 0 Å². The van der Waals surface area contributed by atoms with Crippen molar-refractivity contribution in [2.75, 3.05) is 25.6 Å². The third-order valence-corrected chi connectivity index (χ3v) is 7.65. The van der Waals surface area contributed by atoms with Gasteiger partial charge in [0.1, 0.15) is 0 Å². The molecular weight excluding hydrogens is 324 g/mol. The molecule has 0 aromatic heterocycles. The van der Waals surface area contributed by atoms with E-state index < -0.39 is 25.9 Å². The summed E-state index contributed by atoms with van der Waals surface area (Å²) >= 11 is 0. The fraction of sp³-hybridized carbons (Fsp3) is 0.571. The number of rotatable bonds is 4. The van der Waals surface area contributed by atoms with Gasteiger partial charge in [-0.05, 0) is 31.9 Å². The SMILES string of the molecule is Cc1ccc(S(=O)(=O)N([C@H]2CCS(=O)(=O)C2)N(C)C)c(C)c1. The molecule has 0 unspecified atom stereocenters. The number of sulfonamides is 1. The summed E-state index contributed by atoms with van der Waals surface area (Å²) in [6, 6.07) is 4.59. The lowest BCUT2D eigenvalue weighted by Crippen LogP contribution is -2.49. The Kier molecular flexibility index (Phi) is 4.68. The van der Waals surface area contributed by atoms with Gasteiger partial charge in [-0.3, -0.25) is 0 Å². The van der Waals surface area contributed by atoms with Crippen LogP contribution in [0.4, 0.5) is 0 Å². The minimum absolute atomic E-state index is 0.0321. The van der Waals surface area contributed by atoms with Crippen molar-refractivity contribution in [2.45, 2.75) is 31.2 Å². The first-order valence-electron chi connectivity index (χ1n) is 7.04. The molecule has 0 saturated carbocycles. The molecule has 1 fully saturated rings. The number of sulfone groups is 1. The topological polar surface area (TPSA) is 74.8 Å². The van der Waals surface area contributed by atoms with Crippen LogP contribution in [0.15, 0.2) is 23.1 Å². The standard InChI is InChI=1S/C14H22N2O4S2/c1-11-5-6-14(12(2)9-11)22(19,20)16(15(3)4)13-7-8-21(17,18)10-13/h5-6,9,13H,7-8,10H2,1-4H3/t13-/m0/s1. The van der Waals surface area contributed by atoms with E-state index in [4.69, 9.17) is 0 Å². The van der Waals surface area contributed by atoms with Crippen LogP contribution in [0.2, 0.25) is 0 Å². The van der Waals surface area contributed by atoms with Gasteiger partial charge in [-0.1, -0.05) is 17.7 Å². The minimum atomic E-state index is -3.79. The Labute approximate surface area is 132 Å². The third kappa shape index (κ3) is 3.34. The molecule has 124 valence electrons. The number of nitrogens with zero attached hydrogens (tertiary/aromatic N) is 2. The fourth-order valence-electron chi connectivity index (χ4n) is 2.88. The predicted molar refractivity (Wildman–Crippen MR) is 85.7 cm³/mol. The lowest BCUT2D eigenvalue weighted by Gasteiger charge is -2.33. The lowest BCUT2D eigenvalue weighted by molar-refractivity contribution is 0.0893. The van der Waals surface area contributed by atoms with Crippen LogP contribution in [-0.2, 0) is 19.9 Å². The zero-order valence-electron chi connectivity index (χ0n) is 13.3. The van der Waals surface area contributed by atoms with E-state index >= 15 is 0 Å². The Bertz CT molecular complexity index is 770. The summed E-state index contributed by atoms with van der Waals surface area (Å²) in [5.74, 6) is -0.0975. The number of hydrogen-bond donors (Lipinski definition) is 0. The largest absolute Gasteiger partial charge is 0.256 e. The number of hydrazine groups is 1. The van der Waals surface area contributed by atoms with Crippen molar-refractivity contribution in [3.8, 4) is 0 Å². The van der Waals surface area contributed by atoms with Crippen molar-refractivity contribution >= 4 is 19.9 Å². The molecule has 2 rings (SSSR count). The first kappa shape index (κ1) is 17.4. The molecule has 0 amide bonds. The van der Waals surface area contributed by atoms with Gasteiger partial charge in [0.05, 0.1) is 22.4 Å². The van der Waals surface area contributed by atoms with Crippen molar-refractivity contribution < 1.29 is 16.8 Å². The second-order valence-corrected chi connectivity index (χ2v) is 9.94. The maximum Gasteiger partial charge on any atom is 0.256 e. The van der Waals surface area contributed by atoms with Crippen LogP contribution < -0.4 is 0 Å². The minimum Gasteiger partial charge on any atom is -0.234 e. The molecule has 22 heavy (non-hydrogen) atoms. The van der Waals surface area contributed by atoms with E-state index in [0.717, 1.165) is 5.56 Å². The Morgan fingerprint density at radius 1 is 1.18 bits per heavy atom. The van der Waals surface area contributed by atoms with Crippen molar-refractivity contribution in [3.05, 3.63) is 29.3 Å².